The maximum Gasteiger partial charge on any atom is 0.414 e. The summed E-state index contributed by atoms with van der Waals surface area (Å²) in [6, 6.07) is 20.1. The molecule has 0 saturated heterocycles. The van der Waals surface area contributed by atoms with Crippen LogP contribution in [0.2, 0.25) is 0 Å². The molecule has 198 valence electrons. The number of para-hydroxylation sites is 1. The number of phenolic OH excluding ortho intramolecular Hbond substituents is 1. The maximum atomic E-state index is 12.9. The van der Waals surface area contributed by atoms with Crippen LogP contribution in [0.4, 0.5) is 4.79 Å². The van der Waals surface area contributed by atoms with Gasteiger partial charge in [-0.1, -0.05) is 58.4 Å². The molecule has 3 rings (SSSR count). The minimum atomic E-state index is -1.19. The minimum absolute atomic E-state index is 0.183. The molecule has 9 nitrogen and oxygen atoms in total. The van der Waals surface area contributed by atoms with Gasteiger partial charge in [-0.2, -0.15) is 0 Å². The molecule has 3 aromatic carbocycles. The smallest absolute Gasteiger partial charge is 0.414 e. The molecule has 0 unspecified atom stereocenters. The molecule has 0 aromatic heterocycles. The van der Waals surface area contributed by atoms with Gasteiger partial charge < -0.3 is 14.6 Å². The summed E-state index contributed by atoms with van der Waals surface area (Å²) < 4.78 is 12.8. The van der Waals surface area contributed by atoms with Gasteiger partial charge in [-0.05, 0) is 65.2 Å². The molecule has 0 radical (unpaired) electrons. The van der Waals surface area contributed by atoms with Gasteiger partial charge >= 0.3 is 6.09 Å². The van der Waals surface area contributed by atoms with E-state index in [2.05, 4.69) is 37.2 Å². The number of amides is 3. The van der Waals surface area contributed by atoms with Gasteiger partial charge in [-0.25, -0.2) is 10.3 Å². The van der Waals surface area contributed by atoms with E-state index in [-0.39, 0.29) is 29.7 Å². The van der Waals surface area contributed by atoms with Gasteiger partial charge in [0.1, 0.15) is 17.6 Å². The van der Waals surface area contributed by atoms with Gasteiger partial charge in [-0.15, -0.1) is 0 Å². The van der Waals surface area contributed by atoms with Crippen molar-refractivity contribution in [2.75, 3.05) is 0 Å². The lowest BCUT2D eigenvalue weighted by molar-refractivity contribution is -0.124. The lowest BCUT2D eigenvalue weighted by Gasteiger charge is -2.29. The van der Waals surface area contributed by atoms with Crippen LogP contribution in [0.5, 0.6) is 11.5 Å². The van der Waals surface area contributed by atoms with E-state index in [9.17, 15) is 19.5 Å². The van der Waals surface area contributed by atoms with Crippen molar-refractivity contribution in [2.45, 2.75) is 25.0 Å². The summed E-state index contributed by atoms with van der Waals surface area (Å²) >= 11 is 6.68. The zero-order chi connectivity index (χ0) is 27.5. The van der Waals surface area contributed by atoms with Crippen LogP contribution in [0.25, 0.3) is 0 Å². The highest BCUT2D eigenvalue weighted by atomic mass is 79.9. The second-order valence-electron chi connectivity index (χ2n) is 7.90. The van der Waals surface area contributed by atoms with E-state index in [1.165, 1.54) is 11.6 Å². The third-order valence-electron chi connectivity index (χ3n) is 5.22. The Morgan fingerprint density at radius 1 is 0.974 bits per heavy atom. The van der Waals surface area contributed by atoms with Crippen molar-refractivity contribution in [3.8, 4) is 11.5 Å². The third-order valence-corrected chi connectivity index (χ3v) is 6.28. The number of allylic oxidation sites excluding steroid dienone is 1. The first-order valence-corrected chi connectivity index (χ1v) is 12.9. The number of halogens is 2. The Labute approximate surface area is 235 Å². The number of carbonyl (C=O) groups is 3. The summed E-state index contributed by atoms with van der Waals surface area (Å²) in [5.74, 6) is -1.08. The normalized spacial score (nSPS) is 12.4. The molecular weight excluding hydrogens is 624 g/mol. The van der Waals surface area contributed by atoms with Gasteiger partial charge in [0.2, 0.25) is 0 Å². The second-order valence-corrected chi connectivity index (χ2v) is 9.67. The van der Waals surface area contributed by atoms with Gasteiger partial charge in [-0.3, -0.25) is 20.1 Å². The quantitative estimate of drug-likeness (QED) is 0.124. The van der Waals surface area contributed by atoms with Crippen LogP contribution < -0.4 is 15.5 Å². The molecule has 0 saturated carbocycles. The monoisotopic (exact) mass is 646 g/mol. The van der Waals surface area contributed by atoms with Crippen molar-refractivity contribution in [3.05, 3.63) is 105 Å². The van der Waals surface area contributed by atoms with Crippen LogP contribution in [0.15, 0.2) is 93.9 Å². The second kappa shape index (κ2) is 14.3. The Balaban J connectivity index is 1.94. The average molecular weight is 648 g/mol. The number of aromatic hydroxyl groups is 1. The number of hydrogen-bond acceptors (Lipinski definition) is 7. The molecule has 0 aliphatic rings. The van der Waals surface area contributed by atoms with E-state index in [0.29, 0.717) is 14.7 Å². The summed E-state index contributed by atoms with van der Waals surface area (Å²) in [4.78, 5) is 36.8. The number of phenols is 1. The summed E-state index contributed by atoms with van der Waals surface area (Å²) in [5.41, 5.74) is 1.99. The molecule has 0 aliphatic carbocycles. The number of nitrogens with one attached hydrogen (secondary N) is 2. The molecule has 0 aliphatic heterocycles. The fourth-order valence-corrected chi connectivity index (χ4v) is 4.73. The molecule has 3 amide bonds. The molecule has 3 aromatic rings. The Morgan fingerprint density at radius 2 is 1.63 bits per heavy atom. The summed E-state index contributed by atoms with van der Waals surface area (Å²) in [6.07, 6.45) is 0.0598. The molecule has 4 N–H and O–H groups in total. The SMILES string of the molecule is O=C(/C=C/CC[C@@H](Oc1ccccc1)[C@H](OC(=O)NC(=O)c1ccccc1)c1cc(Br)cc(Br)c1O)NO. The number of imide groups is 1. The lowest BCUT2D eigenvalue weighted by atomic mass is 9.99. The zero-order valence-electron chi connectivity index (χ0n) is 19.8. The van der Waals surface area contributed by atoms with Crippen LogP contribution in [-0.2, 0) is 9.53 Å². The molecular formula is C27H24Br2N2O7. The fraction of sp³-hybridized carbons (Fsp3) is 0.148. The van der Waals surface area contributed by atoms with E-state index >= 15 is 0 Å². The van der Waals surface area contributed by atoms with Crippen LogP contribution in [0.3, 0.4) is 0 Å². The van der Waals surface area contributed by atoms with Crippen molar-refractivity contribution < 1.29 is 34.2 Å². The Hall–Kier alpha value is -3.67. The van der Waals surface area contributed by atoms with Crippen molar-refractivity contribution >= 4 is 49.8 Å². The van der Waals surface area contributed by atoms with E-state index in [1.807, 2.05) is 6.07 Å². The van der Waals surface area contributed by atoms with Gasteiger partial charge in [0.15, 0.2) is 6.10 Å². The van der Waals surface area contributed by atoms with Crippen molar-refractivity contribution in [3.63, 3.8) is 0 Å². The van der Waals surface area contributed by atoms with Crippen molar-refractivity contribution in [1.29, 1.82) is 0 Å². The summed E-state index contributed by atoms with van der Waals surface area (Å²) in [6.45, 7) is 0. The predicted molar refractivity (Wildman–Crippen MR) is 146 cm³/mol. The van der Waals surface area contributed by atoms with Crippen molar-refractivity contribution in [2.24, 2.45) is 0 Å². The first-order valence-electron chi connectivity index (χ1n) is 11.4. The van der Waals surface area contributed by atoms with Crippen LogP contribution >= 0.6 is 31.9 Å². The fourth-order valence-electron chi connectivity index (χ4n) is 3.48. The standard InChI is InChI=1S/C27H24Br2N2O7/c28-18-15-20(24(33)21(29)16-18)25(38-27(35)30-26(34)17-9-3-1-4-10-17)22(13-7-8-14-23(32)31-36)37-19-11-5-2-6-12-19/h1-6,8-12,14-16,22,25,33,36H,7,13H2,(H,31,32)(H,30,34,35)/b14-8+/t22-,25-/m1/s1. The lowest BCUT2D eigenvalue weighted by Crippen LogP contribution is -2.36. The van der Waals surface area contributed by atoms with E-state index in [1.54, 1.807) is 66.7 Å². The van der Waals surface area contributed by atoms with Crippen LogP contribution in [-0.4, -0.2) is 34.3 Å². The number of rotatable bonds is 10. The Bertz CT molecular complexity index is 1290. The van der Waals surface area contributed by atoms with E-state index in [4.69, 9.17) is 14.7 Å². The van der Waals surface area contributed by atoms with Crippen molar-refractivity contribution in [1.82, 2.24) is 10.8 Å². The summed E-state index contributed by atoms with van der Waals surface area (Å²) in [5, 5.41) is 21.8. The molecule has 2 atom stereocenters. The largest absolute Gasteiger partial charge is 0.506 e. The van der Waals surface area contributed by atoms with E-state index < -0.39 is 30.1 Å². The average Bonchev–Trinajstić information content (AvgIpc) is 2.92. The molecule has 11 heteroatoms. The minimum Gasteiger partial charge on any atom is -0.506 e. The number of alkyl carbamates (subject to hydrolysis) is 1. The first-order chi connectivity index (χ1) is 18.3. The van der Waals surface area contributed by atoms with Gasteiger partial charge in [0, 0.05) is 21.7 Å². The van der Waals surface area contributed by atoms with Gasteiger partial charge in [0.25, 0.3) is 11.8 Å². The molecule has 38 heavy (non-hydrogen) atoms. The summed E-state index contributed by atoms with van der Waals surface area (Å²) in [7, 11) is 0. The molecule has 0 heterocycles. The zero-order valence-corrected chi connectivity index (χ0v) is 23.0. The molecule has 0 bridgehead atoms. The Morgan fingerprint density at radius 3 is 2.29 bits per heavy atom. The highest BCUT2D eigenvalue weighted by molar-refractivity contribution is 9.11. The number of hydroxylamine groups is 1. The van der Waals surface area contributed by atoms with E-state index in [0.717, 1.165) is 6.08 Å². The third kappa shape index (κ3) is 8.44. The maximum absolute atomic E-state index is 12.9. The molecule has 0 fully saturated rings. The van der Waals surface area contributed by atoms with Gasteiger partial charge in [0.05, 0.1) is 4.47 Å². The van der Waals surface area contributed by atoms with Crippen LogP contribution in [0, 0.1) is 0 Å². The first kappa shape index (κ1) is 28.9. The number of benzene rings is 3. The Kier molecular flexibility index (Phi) is 10.9. The predicted octanol–water partition coefficient (Wildman–Crippen LogP) is 5.81. The highest BCUT2D eigenvalue weighted by Gasteiger charge is 2.32. The highest BCUT2D eigenvalue weighted by Crippen LogP contribution is 2.40. The number of carbonyl (C=O) groups excluding carboxylic acids is 3. The topological polar surface area (TPSA) is 134 Å². The van der Waals surface area contributed by atoms with Crippen LogP contribution in [0.1, 0.15) is 34.9 Å². The number of ether oxygens (including phenoxy) is 2. The number of hydrogen-bond donors (Lipinski definition) is 4. The molecule has 0 spiro atoms.